The number of H-pyrrole nitrogens is 1. The summed E-state index contributed by atoms with van der Waals surface area (Å²) in [5, 5.41) is 9.67. The molecule has 7 nitrogen and oxygen atoms in total. The Kier molecular flexibility index (Phi) is 3.74. The minimum absolute atomic E-state index is 0.0613. The van der Waals surface area contributed by atoms with E-state index in [2.05, 4.69) is 20.5 Å². The second kappa shape index (κ2) is 5.69. The lowest BCUT2D eigenvalue weighted by atomic mass is 10.0. The first-order valence-corrected chi connectivity index (χ1v) is 7.04. The molecule has 0 unspecified atom stereocenters. The van der Waals surface area contributed by atoms with Crippen LogP contribution in [0, 0.1) is 12.8 Å². The molecule has 2 aromatic rings. The van der Waals surface area contributed by atoms with Crippen molar-refractivity contribution in [3.63, 3.8) is 0 Å². The SMILES string of the molecule is Cc1ccc(C(=O)NC[C@@H]2CCO[C@@H]2c2ncn[nH]2)n1C. The lowest BCUT2D eigenvalue weighted by Gasteiger charge is -2.17. The Balaban J connectivity index is 1.62. The number of carbonyl (C=O) groups is 1. The molecule has 0 bridgehead atoms. The van der Waals surface area contributed by atoms with E-state index >= 15 is 0 Å². The standard InChI is InChI=1S/C14H19N5O2/c1-9-3-4-11(19(9)2)14(20)15-7-10-5-6-21-12(10)13-16-8-17-18-13/h3-4,8,10,12H,5-7H2,1-2H3,(H,15,20)(H,16,17,18)/t10-,12-/m0/s1. The zero-order valence-electron chi connectivity index (χ0n) is 12.2. The molecule has 2 atom stereocenters. The van der Waals surface area contributed by atoms with Gasteiger partial charge in [0.2, 0.25) is 0 Å². The summed E-state index contributed by atoms with van der Waals surface area (Å²) in [7, 11) is 1.89. The van der Waals surface area contributed by atoms with Gasteiger partial charge in [-0.05, 0) is 25.5 Å². The highest BCUT2D eigenvalue weighted by atomic mass is 16.5. The summed E-state index contributed by atoms with van der Waals surface area (Å²) in [6.45, 7) is 3.21. The van der Waals surface area contributed by atoms with Crippen molar-refractivity contribution in [2.24, 2.45) is 13.0 Å². The molecule has 2 N–H and O–H groups in total. The molecule has 2 aromatic heterocycles. The summed E-state index contributed by atoms with van der Waals surface area (Å²) < 4.78 is 7.57. The summed E-state index contributed by atoms with van der Waals surface area (Å²) >= 11 is 0. The van der Waals surface area contributed by atoms with E-state index in [1.54, 1.807) is 0 Å². The number of nitrogens with one attached hydrogen (secondary N) is 2. The molecule has 0 aromatic carbocycles. The zero-order valence-corrected chi connectivity index (χ0v) is 12.2. The maximum absolute atomic E-state index is 12.2. The van der Waals surface area contributed by atoms with Gasteiger partial charge in [-0.25, -0.2) is 4.98 Å². The highest BCUT2D eigenvalue weighted by Crippen LogP contribution is 2.31. The number of amides is 1. The van der Waals surface area contributed by atoms with Crippen molar-refractivity contribution in [2.75, 3.05) is 13.2 Å². The number of rotatable bonds is 4. The third-order valence-electron chi connectivity index (χ3n) is 4.05. The minimum Gasteiger partial charge on any atom is -0.370 e. The highest BCUT2D eigenvalue weighted by molar-refractivity contribution is 5.92. The van der Waals surface area contributed by atoms with Gasteiger partial charge in [-0.3, -0.25) is 9.89 Å². The Hall–Kier alpha value is -2.15. The van der Waals surface area contributed by atoms with Gasteiger partial charge in [0.25, 0.3) is 5.91 Å². The van der Waals surface area contributed by atoms with E-state index in [4.69, 9.17) is 4.74 Å². The zero-order chi connectivity index (χ0) is 14.8. The topological polar surface area (TPSA) is 84.8 Å². The predicted octanol–water partition coefficient (Wildman–Crippen LogP) is 0.959. The van der Waals surface area contributed by atoms with Gasteiger partial charge in [-0.2, -0.15) is 5.10 Å². The number of aromatic amines is 1. The minimum atomic E-state index is -0.122. The predicted molar refractivity (Wildman–Crippen MR) is 75.7 cm³/mol. The summed E-state index contributed by atoms with van der Waals surface area (Å²) in [5.41, 5.74) is 1.73. The smallest absolute Gasteiger partial charge is 0.267 e. The van der Waals surface area contributed by atoms with Crippen LogP contribution >= 0.6 is 0 Å². The third kappa shape index (κ3) is 2.69. The molecule has 3 heterocycles. The highest BCUT2D eigenvalue weighted by Gasteiger charge is 2.32. The van der Waals surface area contributed by atoms with E-state index in [-0.39, 0.29) is 17.9 Å². The average molecular weight is 289 g/mol. The van der Waals surface area contributed by atoms with Gasteiger partial charge in [0, 0.05) is 31.8 Å². The molecular weight excluding hydrogens is 270 g/mol. The largest absolute Gasteiger partial charge is 0.370 e. The van der Waals surface area contributed by atoms with Crippen LogP contribution in [0.4, 0.5) is 0 Å². The van der Waals surface area contributed by atoms with Crippen LogP contribution in [-0.2, 0) is 11.8 Å². The number of aryl methyl sites for hydroxylation is 1. The molecule has 0 saturated carbocycles. The first kappa shape index (κ1) is 13.8. The Labute approximate surface area is 122 Å². The molecule has 21 heavy (non-hydrogen) atoms. The fourth-order valence-electron chi connectivity index (χ4n) is 2.65. The fraction of sp³-hybridized carbons (Fsp3) is 0.500. The average Bonchev–Trinajstić information content (AvgIpc) is 3.19. The first-order valence-electron chi connectivity index (χ1n) is 7.04. The second-order valence-corrected chi connectivity index (χ2v) is 5.34. The van der Waals surface area contributed by atoms with Gasteiger partial charge >= 0.3 is 0 Å². The van der Waals surface area contributed by atoms with E-state index < -0.39 is 0 Å². The monoisotopic (exact) mass is 289 g/mol. The van der Waals surface area contributed by atoms with Crippen LogP contribution < -0.4 is 5.32 Å². The molecule has 0 radical (unpaired) electrons. The Morgan fingerprint density at radius 1 is 1.57 bits per heavy atom. The first-order chi connectivity index (χ1) is 10.2. The van der Waals surface area contributed by atoms with E-state index in [0.29, 0.717) is 18.8 Å². The maximum atomic E-state index is 12.2. The molecule has 1 amide bonds. The number of hydrogen-bond acceptors (Lipinski definition) is 4. The molecule has 112 valence electrons. The summed E-state index contributed by atoms with van der Waals surface area (Å²) in [6.07, 6.45) is 2.25. The Morgan fingerprint density at radius 3 is 3.10 bits per heavy atom. The van der Waals surface area contributed by atoms with Gasteiger partial charge in [-0.15, -0.1) is 0 Å². The molecule has 7 heteroatoms. The summed E-state index contributed by atoms with van der Waals surface area (Å²) in [5.74, 6) is 0.874. The summed E-state index contributed by atoms with van der Waals surface area (Å²) in [6, 6.07) is 3.77. The lowest BCUT2D eigenvalue weighted by Crippen LogP contribution is -2.32. The van der Waals surface area contributed by atoms with E-state index in [1.165, 1.54) is 6.33 Å². The van der Waals surface area contributed by atoms with Crippen molar-refractivity contribution in [3.05, 3.63) is 35.7 Å². The van der Waals surface area contributed by atoms with Gasteiger partial charge in [0.15, 0.2) is 5.82 Å². The summed E-state index contributed by atoms with van der Waals surface area (Å²) in [4.78, 5) is 16.4. The molecule has 1 aliphatic rings. The fourth-order valence-corrected chi connectivity index (χ4v) is 2.65. The number of carbonyl (C=O) groups excluding carboxylic acids is 1. The Bertz CT molecular complexity index is 619. The maximum Gasteiger partial charge on any atom is 0.267 e. The normalized spacial score (nSPS) is 21.6. The van der Waals surface area contributed by atoms with Crippen LogP contribution in [0.3, 0.4) is 0 Å². The van der Waals surface area contributed by atoms with E-state index in [0.717, 1.165) is 17.9 Å². The van der Waals surface area contributed by atoms with Crippen molar-refractivity contribution in [2.45, 2.75) is 19.4 Å². The lowest BCUT2D eigenvalue weighted by molar-refractivity contribution is 0.0796. The van der Waals surface area contributed by atoms with Crippen LogP contribution in [0.25, 0.3) is 0 Å². The molecule has 3 rings (SSSR count). The van der Waals surface area contributed by atoms with Crippen LogP contribution in [0.2, 0.25) is 0 Å². The van der Waals surface area contributed by atoms with Gasteiger partial charge < -0.3 is 14.6 Å². The van der Waals surface area contributed by atoms with E-state index in [1.807, 2.05) is 30.7 Å². The van der Waals surface area contributed by atoms with Crippen LogP contribution in [0.15, 0.2) is 18.5 Å². The van der Waals surface area contributed by atoms with Crippen molar-refractivity contribution in [1.82, 2.24) is 25.1 Å². The molecule has 1 fully saturated rings. The number of nitrogens with zero attached hydrogens (tertiary/aromatic N) is 3. The number of ether oxygens (including phenoxy) is 1. The molecule has 0 aliphatic carbocycles. The van der Waals surface area contributed by atoms with Crippen molar-refractivity contribution in [1.29, 1.82) is 0 Å². The second-order valence-electron chi connectivity index (χ2n) is 5.34. The number of aromatic nitrogens is 4. The molecule has 1 saturated heterocycles. The van der Waals surface area contributed by atoms with Gasteiger partial charge in [-0.1, -0.05) is 0 Å². The third-order valence-corrected chi connectivity index (χ3v) is 4.05. The molecule has 1 aliphatic heterocycles. The van der Waals surface area contributed by atoms with E-state index in [9.17, 15) is 4.79 Å². The quantitative estimate of drug-likeness (QED) is 0.878. The van der Waals surface area contributed by atoms with Crippen LogP contribution in [0.1, 0.15) is 34.5 Å². The van der Waals surface area contributed by atoms with Gasteiger partial charge in [0.1, 0.15) is 18.1 Å². The Morgan fingerprint density at radius 2 is 2.43 bits per heavy atom. The van der Waals surface area contributed by atoms with Crippen LogP contribution in [0.5, 0.6) is 0 Å². The molecule has 0 spiro atoms. The number of hydrogen-bond donors (Lipinski definition) is 2. The molecular formula is C14H19N5O2. The van der Waals surface area contributed by atoms with Crippen molar-refractivity contribution < 1.29 is 9.53 Å². The van der Waals surface area contributed by atoms with Crippen LogP contribution in [-0.4, -0.2) is 38.8 Å². The van der Waals surface area contributed by atoms with Gasteiger partial charge in [0.05, 0.1) is 0 Å². The van der Waals surface area contributed by atoms with Crippen molar-refractivity contribution in [3.8, 4) is 0 Å². The van der Waals surface area contributed by atoms with Crippen molar-refractivity contribution >= 4 is 5.91 Å².